The molecule has 1 N–H and O–H groups in total. The molecule has 0 aliphatic heterocycles. The smallest absolute Gasteiger partial charge is 0.119 e. The first-order valence-corrected chi connectivity index (χ1v) is 6.85. The third-order valence-corrected chi connectivity index (χ3v) is 3.00. The van der Waals surface area contributed by atoms with Gasteiger partial charge in [0.05, 0.1) is 13.2 Å². The minimum atomic E-state index is 0.659. The lowest BCUT2D eigenvalue weighted by atomic mass is 10.1. The maximum Gasteiger partial charge on any atom is 0.119 e. The van der Waals surface area contributed by atoms with Crippen molar-refractivity contribution in [1.29, 1.82) is 0 Å². The number of benzene rings is 2. The van der Waals surface area contributed by atoms with E-state index < -0.39 is 0 Å². The Bertz CT molecular complexity index is 456. The number of hydrogen-bond acceptors (Lipinski definition) is 3. The van der Waals surface area contributed by atoms with Gasteiger partial charge in [0.1, 0.15) is 5.75 Å². The molecule has 0 bridgehead atoms. The van der Waals surface area contributed by atoms with Crippen molar-refractivity contribution in [3.63, 3.8) is 0 Å². The summed E-state index contributed by atoms with van der Waals surface area (Å²) < 4.78 is 10.5. The van der Waals surface area contributed by atoms with Crippen LogP contribution in [-0.4, -0.2) is 13.7 Å². The fourth-order valence-electron chi connectivity index (χ4n) is 1.96. The van der Waals surface area contributed by atoms with Gasteiger partial charge in [-0.1, -0.05) is 24.3 Å². The Hall–Kier alpha value is -2.00. The molecule has 106 valence electrons. The number of anilines is 1. The van der Waals surface area contributed by atoms with Gasteiger partial charge < -0.3 is 14.8 Å². The molecule has 20 heavy (non-hydrogen) atoms. The van der Waals surface area contributed by atoms with Crippen LogP contribution in [0, 0.1) is 0 Å². The van der Waals surface area contributed by atoms with E-state index in [0.717, 1.165) is 18.0 Å². The van der Waals surface area contributed by atoms with Crippen LogP contribution in [0.2, 0.25) is 0 Å². The molecule has 0 saturated carbocycles. The van der Waals surface area contributed by atoms with Gasteiger partial charge in [-0.05, 0) is 42.3 Å². The molecule has 0 aliphatic rings. The van der Waals surface area contributed by atoms with Gasteiger partial charge in [-0.25, -0.2) is 0 Å². The lowest BCUT2D eigenvalue weighted by molar-refractivity contribution is 0.185. The molecule has 0 aliphatic carbocycles. The summed E-state index contributed by atoms with van der Waals surface area (Å²) in [6.07, 6.45) is 0. The minimum Gasteiger partial charge on any atom is -0.494 e. The molecule has 0 amide bonds. The van der Waals surface area contributed by atoms with Gasteiger partial charge in [-0.3, -0.25) is 0 Å². The van der Waals surface area contributed by atoms with Gasteiger partial charge in [0.15, 0.2) is 0 Å². The molecule has 2 aromatic carbocycles. The van der Waals surface area contributed by atoms with Crippen molar-refractivity contribution in [2.75, 3.05) is 19.0 Å². The predicted octanol–water partition coefficient (Wildman–Crippen LogP) is 3.84. The van der Waals surface area contributed by atoms with E-state index >= 15 is 0 Å². The second-order valence-electron chi connectivity index (χ2n) is 4.56. The molecule has 0 heterocycles. The zero-order valence-corrected chi connectivity index (χ0v) is 12.1. The zero-order valence-electron chi connectivity index (χ0n) is 12.1. The molecule has 0 radical (unpaired) electrons. The van der Waals surface area contributed by atoms with Crippen LogP contribution in [0.1, 0.15) is 18.1 Å². The molecular formula is C17H21NO2. The van der Waals surface area contributed by atoms with Gasteiger partial charge in [0.25, 0.3) is 0 Å². The van der Waals surface area contributed by atoms with E-state index in [1.807, 2.05) is 31.2 Å². The van der Waals surface area contributed by atoms with Crippen molar-refractivity contribution in [1.82, 2.24) is 0 Å². The van der Waals surface area contributed by atoms with Crippen LogP contribution in [0.25, 0.3) is 0 Å². The first-order valence-electron chi connectivity index (χ1n) is 6.85. The first-order chi connectivity index (χ1) is 9.81. The van der Waals surface area contributed by atoms with Crippen LogP contribution < -0.4 is 10.1 Å². The first kappa shape index (κ1) is 14.4. The third kappa shape index (κ3) is 4.28. The van der Waals surface area contributed by atoms with Crippen molar-refractivity contribution in [2.24, 2.45) is 0 Å². The van der Waals surface area contributed by atoms with Crippen molar-refractivity contribution in [2.45, 2.75) is 20.1 Å². The van der Waals surface area contributed by atoms with E-state index in [1.165, 1.54) is 11.1 Å². The molecule has 0 unspecified atom stereocenters. The molecule has 0 saturated heterocycles. The second kappa shape index (κ2) is 7.56. The summed E-state index contributed by atoms with van der Waals surface area (Å²) in [7, 11) is 1.71. The Morgan fingerprint density at radius 3 is 2.15 bits per heavy atom. The van der Waals surface area contributed by atoms with Crippen LogP contribution in [0.15, 0.2) is 48.5 Å². The fraction of sp³-hybridized carbons (Fsp3) is 0.294. The lowest BCUT2D eigenvalue weighted by Gasteiger charge is -2.09. The maximum atomic E-state index is 5.42. The van der Waals surface area contributed by atoms with Gasteiger partial charge in [-0.2, -0.15) is 0 Å². The van der Waals surface area contributed by atoms with Gasteiger partial charge in [0, 0.05) is 19.3 Å². The number of methoxy groups -OCH3 is 1. The summed E-state index contributed by atoms with van der Waals surface area (Å²) in [5.74, 6) is 0.905. The fourth-order valence-corrected chi connectivity index (χ4v) is 1.96. The average Bonchev–Trinajstić information content (AvgIpc) is 2.49. The normalized spacial score (nSPS) is 10.3. The molecule has 0 atom stereocenters. The number of ether oxygens (including phenoxy) is 2. The third-order valence-electron chi connectivity index (χ3n) is 3.00. The highest BCUT2D eigenvalue weighted by molar-refractivity contribution is 5.46. The molecule has 3 heteroatoms. The number of nitrogens with one attached hydrogen (secondary N) is 1. The van der Waals surface area contributed by atoms with E-state index in [9.17, 15) is 0 Å². The molecular weight excluding hydrogens is 250 g/mol. The highest BCUT2D eigenvalue weighted by atomic mass is 16.5. The summed E-state index contributed by atoms with van der Waals surface area (Å²) in [5, 5.41) is 3.39. The minimum absolute atomic E-state index is 0.659. The molecule has 0 fully saturated rings. The summed E-state index contributed by atoms with van der Waals surface area (Å²) in [6, 6.07) is 16.5. The maximum absolute atomic E-state index is 5.42. The molecule has 0 spiro atoms. The Balaban J connectivity index is 1.87. The quantitative estimate of drug-likeness (QED) is 0.830. The van der Waals surface area contributed by atoms with E-state index in [-0.39, 0.29) is 0 Å². The topological polar surface area (TPSA) is 30.5 Å². The van der Waals surface area contributed by atoms with E-state index in [1.54, 1.807) is 7.11 Å². The summed E-state index contributed by atoms with van der Waals surface area (Å²) in [4.78, 5) is 0. The van der Waals surface area contributed by atoms with Gasteiger partial charge in [0.2, 0.25) is 0 Å². The Morgan fingerprint density at radius 2 is 1.55 bits per heavy atom. The van der Waals surface area contributed by atoms with Crippen molar-refractivity contribution in [3.8, 4) is 5.75 Å². The standard InChI is InChI=1S/C17H21NO2/c1-3-20-17-10-8-16(9-11-17)18-12-14-4-6-15(7-5-14)13-19-2/h4-11,18H,3,12-13H2,1-2H3. The van der Waals surface area contributed by atoms with Crippen molar-refractivity contribution < 1.29 is 9.47 Å². The van der Waals surface area contributed by atoms with Crippen LogP contribution in [0.4, 0.5) is 5.69 Å². The summed E-state index contributed by atoms with van der Waals surface area (Å²) in [5.41, 5.74) is 3.53. The summed E-state index contributed by atoms with van der Waals surface area (Å²) in [6.45, 7) is 4.15. The van der Waals surface area contributed by atoms with E-state index in [0.29, 0.717) is 13.2 Å². The van der Waals surface area contributed by atoms with Gasteiger partial charge in [-0.15, -0.1) is 0 Å². The molecule has 2 aromatic rings. The SMILES string of the molecule is CCOc1ccc(NCc2ccc(COC)cc2)cc1. The predicted molar refractivity (Wildman–Crippen MR) is 82.1 cm³/mol. The Morgan fingerprint density at radius 1 is 0.900 bits per heavy atom. The van der Waals surface area contributed by atoms with Crippen LogP contribution in [0.3, 0.4) is 0 Å². The van der Waals surface area contributed by atoms with Gasteiger partial charge >= 0.3 is 0 Å². The Kier molecular flexibility index (Phi) is 5.44. The van der Waals surface area contributed by atoms with Crippen molar-refractivity contribution >= 4 is 5.69 Å². The van der Waals surface area contributed by atoms with Crippen LogP contribution in [-0.2, 0) is 17.9 Å². The van der Waals surface area contributed by atoms with E-state index in [2.05, 4.69) is 29.6 Å². The van der Waals surface area contributed by atoms with Crippen LogP contribution >= 0.6 is 0 Å². The highest BCUT2D eigenvalue weighted by Gasteiger charge is 1.97. The number of rotatable bonds is 7. The Labute approximate surface area is 120 Å². The number of hydrogen-bond donors (Lipinski definition) is 1. The highest BCUT2D eigenvalue weighted by Crippen LogP contribution is 2.16. The zero-order chi connectivity index (χ0) is 14.2. The molecule has 2 rings (SSSR count). The average molecular weight is 271 g/mol. The molecule has 0 aromatic heterocycles. The largest absolute Gasteiger partial charge is 0.494 e. The van der Waals surface area contributed by atoms with E-state index in [4.69, 9.17) is 9.47 Å². The van der Waals surface area contributed by atoms with Crippen LogP contribution in [0.5, 0.6) is 5.75 Å². The monoisotopic (exact) mass is 271 g/mol. The van der Waals surface area contributed by atoms with Crippen molar-refractivity contribution in [3.05, 3.63) is 59.7 Å². The lowest BCUT2D eigenvalue weighted by Crippen LogP contribution is -2.00. The summed E-state index contributed by atoms with van der Waals surface area (Å²) >= 11 is 0. The molecule has 3 nitrogen and oxygen atoms in total. The second-order valence-corrected chi connectivity index (χ2v) is 4.56.